The van der Waals surface area contributed by atoms with Crippen molar-refractivity contribution < 1.29 is 13.6 Å². The molecule has 0 aliphatic heterocycles. The Balaban J connectivity index is 2.22. The van der Waals surface area contributed by atoms with Crippen molar-refractivity contribution in [2.45, 2.75) is 12.5 Å². The molecule has 0 spiro atoms. The van der Waals surface area contributed by atoms with Crippen molar-refractivity contribution in [2.75, 3.05) is 7.11 Å². The first kappa shape index (κ1) is 9.42. The third kappa shape index (κ3) is 1.23. The molecule has 1 atom stereocenters. The summed E-state index contributed by atoms with van der Waals surface area (Å²) in [5, 5.41) is 0. The molecule has 3 rings (SSSR count). The van der Waals surface area contributed by atoms with Crippen LogP contribution in [0.2, 0.25) is 0 Å². The second-order valence-corrected chi connectivity index (χ2v) is 3.75. The summed E-state index contributed by atoms with van der Waals surface area (Å²) >= 11 is 0. The summed E-state index contributed by atoms with van der Waals surface area (Å²) in [7, 11) is 1.57. The van der Waals surface area contributed by atoms with Gasteiger partial charge >= 0.3 is 5.63 Å². The summed E-state index contributed by atoms with van der Waals surface area (Å²) in [6.45, 7) is 0. The average molecular weight is 218 g/mol. The summed E-state index contributed by atoms with van der Waals surface area (Å²) in [5.74, 6) is 1.28. The molecule has 2 heterocycles. The largest absolute Gasteiger partial charge is 0.466 e. The van der Waals surface area contributed by atoms with Crippen LogP contribution in [-0.4, -0.2) is 7.11 Å². The van der Waals surface area contributed by atoms with Crippen LogP contribution in [0.15, 0.2) is 38.1 Å². The van der Waals surface area contributed by atoms with Gasteiger partial charge in [-0.05, 0) is 17.7 Å². The number of ether oxygens (including phenoxy) is 1. The van der Waals surface area contributed by atoms with Crippen molar-refractivity contribution in [3.05, 3.63) is 57.5 Å². The van der Waals surface area contributed by atoms with Gasteiger partial charge in [-0.2, -0.15) is 0 Å². The lowest BCUT2D eigenvalue weighted by Gasteiger charge is -2.21. The van der Waals surface area contributed by atoms with Crippen molar-refractivity contribution in [2.24, 2.45) is 0 Å². The molecule has 16 heavy (non-hydrogen) atoms. The lowest BCUT2D eigenvalue weighted by atomic mass is 9.93. The van der Waals surface area contributed by atoms with Gasteiger partial charge in [-0.15, -0.1) is 0 Å². The standard InChI is InChI=1S/C12H10O4/c1-14-12-10-8(4-5-15-10)6-7-2-3-9(13)16-11(7)12/h2-5,12H,6H2,1H3. The first-order valence-electron chi connectivity index (χ1n) is 5.01. The predicted molar refractivity (Wildman–Crippen MR) is 55.3 cm³/mol. The van der Waals surface area contributed by atoms with Crippen LogP contribution in [-0.2, 0) is 11.2 Å². The molecule has 1 unspecified atom stereocenters. The minimum Gasteiger partial charge on any atom is -0.466 e. The monoisotopic (exact) mass is 218 g/mol. The summed E-state index contributed by atoms with van der Waals surface area (Å²) in [5.41, 5.74) is 1.68. The Kier molecular flexibility index (Phi) is 1.97. The van der Waals surface area contributed by atoms with Gasteiger partial charge < -0.3 is 13.6 Å². The number of furan rings is 1. The van der Waals surface area contributed by atoms with Crippen LogP contribution >= 0.6 is 0 Å². The summed E-state index contributed by atoms with van der Waals surface area (Å²) in [4.78, 5) is 11.2. The summed E-state index contributed by atoms with van der Waals surface area (Å²) in [6, 6.07) is 5.12. The van der Waals surface area contributed by atoms with E-state index in [2.05, 4.69) is 0 Å². The highest BCUT2D eigenvalue weighted by atomic mass is 16.5. The van der Waals surface area contributed by atoms with Gasteiger partial charge in [-0.1, -0.05) is 0 Å². The van der Waals surface area contributed by atoms with E-state index in [9.17, 15) is 4.79 Å². The number of methoxy groups -OCH3 is 1. The maximum absolute atomic E-state index is 11.2. The van der Waals surface area contributed by atoms with Gasteiger partial charge in [0, 0.05) is 25.2 Å². The molecular formula is C12H10O4. The van der Waals surface area contributed by atoms with E-state index in [1.807, 2.05) is 6.07 Å². The van der Waals surface area contributed by atoms with Crippen LogP contribution in [0.5, 0.6) is 0 Å². The Bertz CT molecular complexity index is 579. The van der Waals surface area contributed by atoms with E-state index in [0.717, 1.165) is 16.9 Å². The smallest absolute Gasteiger partial charge is 0.335 e. The van der Waals surface area contributed by atoms with Crippen LogP contribution in [0.4, 0.5) is 0 Å². The van der Waals surface area contributed by atoms with Gasteiger partial charge in [0.1, 0.15) is 11.5 Å². The number of hydrogen-bond donors (Lipinski definition) is 0. The molecule has 1 aliphatic rings. The Morgan fingerprint density at radius 3 is 2.88 bits per heavy atom. The van der Waals surface area contributed by atoms with Crippen LogP contribution in [0, 0.1) is 0 Å². The molecule has 0 aromatic carbocycles. The van der Waals surface area contributed by atoms with E-state index in [1.54, 1.807) is 19.4 Å². The van der Waals surface area contributed by atoms with Gasteiger partial charge in [-0.3, -0.25) is 0 Å². The summed E-state index contributed by atoms with van der Waals surface area (Å²) < 4.78 is 15.9. The molecule has 0 amide bonds. The molecule has 0 saturated heterocycles. The Labute approximate surface area is 91.5 Å². The number of rotatable bonds is 1. The summed E-state index contributed by atoms with van der Waals surface area (Å²) in [6.07, 6.45) is 1.92. The van der Waals surface area contributed by atoms with Crippen LogP contribution in [0.1, 0.15) is 28.8 Å². The average Bonchev–Trinajstić information content (AvgIpc) is 2.73. The van der Waals surface area contributed by atoms with E-state index in [4.69, 9.17) is 13.6 Å². The van der Waals surface area contributed by atoms with Gasteiger partial charge in [0.15, 0.2) is 6.10 Å². The highest BCUT2D eigenvalue weighted by Gasteiger charge is 2.30. The predicted octanol–water partition coefficient (Wildman–Crippen LogP) is 1.87. The Hall–Kier alpha value is -1.81. The van der Waals surface area contributed by atoms with Crippen LogP contribution in [0.25, 0.3) is 0 Å². The third-order valence-electron chi connectivity index (χ3n) is 2.82. The second kappa shape index (κ2) is 3.35. The maximum Gasteiger partial charge on any atom is 0.335 e. The lowest BCUT2D eigenvalue weighted by molar-refractivity contribution is 0.0898. The van der Waals surface area contributed by atoms with Crippen molar-refractivity contribution >= 4 is 0 Å². The fraction of sp³-hybridized carbons (Fsp3) is 0.250. The molecule has 4 heteroatoms. The highest BCUT2D eigenvalue weighted by Crippen LogP contribution is 2.36. The first-order valence-corrected chi connectivity index (χ1v) is 5.01. The Morgan fingerprint density at radius 1 is 1.25 bits per heavy atom. The second-order valence-electron chi connectivity index (χ2n) is 3.75. The number of hydrogen-bond acceptors (Lipinski definition) is 4. The molecule has 0 bridgehead atoms. The van der Waals surface area contributed by atoms with Gasteiger partial charge in [0.05, 0.1) is 6.26 Å². The van der Waals surface area contributed by atoms with Gasteiger partial charge in [0.2, 0.25) is 0 Å². The van der Waals surface area contributed by atoms with E-state index < -0.39 is 6.10 Å². The maximum atomic E-state index is 11.2. The lowest BCUT2D eigenvalue weighted by Crippen LogP contribution is -2.16. The molecule has 1 aliphatic carbocycles. The fourth-order valence-corrected chi connectivity index (χ4v) is 2.09. The van der Waals surface area contributed by atoms with Crippen molar-refractivity contribution in [3.8, 4) is 0 Å². The zero-order valence-corrected chi connectivity index (χ0v) is 8.73. The molecule has 0 saturated carbocycles. The Morgan fingerprint density at radius 2 is 2.06 bits per heavy atom. The number of fused-ring (bicyclic) bond motifs is 2. The van der Waals surface area contributed by atoms with Crippen molar-refractivity contribution in [1.82, 2.24) is 0 Å². The van der Waals surface area contributed by atoms with E-state index in [1.165, 1.54) is 6.07 Å². The first-order chi connectivity index (χ1) is 7.79. The topological polar surface area (TPSA) is 52.6 Å². The SMILES string of the molecule is COC1c2occc2Cc2ccc(=O)oc21. The molecule has 2 aromatic heterocycles. The molecule has 82 valence electrons. The van der Waals surface area contributed by atoms with E-state index >= 15 is 0 Å². The zero-order valence-electron chi connectivity index (χ0n) is 8.73. The quantitative estimate of drug-likeness (QED) is 0.733. The normalized spacial score (nSPS) is 17.9. The van der Waals surface area contributed by atoms with Crippen LogP contribution in [0.3, 0.4) is 0 Å². The molecule has 4 nitrogen and oxygen atoms in total. The third-order valence-corrected chi connectivity index (χ3v) is 2.82. The van der Waals surface area contributed by atoms with Gasteiger partial charge in [-0.25, -0.2) is 4.79 Å². The molecule has 0 N–H and O–H groups in total. The molecular weight excluding hydrogens is 208 g/mol. The minimum atomic E-state index is -0.414. The van der Waals surface area contributed by atoms with Gasteiger partial charge in [0.25, 0.3) is 0 Å². The highest BCUT2D eigenvalue weighted by molar-refractivity contribution is 5.39. The van der Waals surface area contributed by atoms with Crippen LogP contribution < -0.4 is 5.63 Å². The molecule has 2 aromatic rings. The molecule has 0 fully saturated rings. The fourth-order valence-electron chi connectivity index (χ4n) is 2.09. The van der Waals surface area contributed by atoms with E-state index in [-0.39, 0.29) is 5.63 Å². The van der Waals surface area contributed by atoms with E-state index in [0.29, 0.717) is 12.2 Å². The molecule has 0 radical (unpaired) electrons. The zero-order chi connectivity index (χ0) is 11.1. The van der Waals surface area contributed by atoms with Crippen molar-refractivity contribution in [3.63, 3.8) is 0 Å². The minimum absolute atomic E-state index is 0.365. The van der Waals surface area contributed by atoms with Crippen molar-refractivity contribution in [1.29, 1.82) is 0 Å².